The molecule has 4 rings (SSSR count). The molecule has 2 N–H and O–H groups in total. The van der Waals surface area contributed by atoms with Crippen LogP contribution < -0.4 is 10.7 Å². The van der Waals surface area contributed by atoms with Crippen LogP contribution in [0.1, 0.15) is 12.8 Å². The molecule has 4 aliphatic rings. The van der Waals surface area contributed by atoms with Crippen molar-refractivity contribution in [3.8, 4) is 0 Å². The van der Waals surface area contributed by atoms with E-state index in [0.717, 1.165) is 101 Å². The van der Waals surface area contributed by atoms with Gasteiger partial charge in [-0.25, -0.2) is 0 Å². The number of thiocarbonyl (C=S) groups is 1. The van der Waals surface area contributed by atoms with Crippen molar-refractivity contribution in [3.05, 3.63) is 12.3 Å². The van der Waals surface area contributed by atoms with Gasteiger partial charge in [-0.2, -0.15) is 5.10 Å². The first-order chi connectivity index (χ1) is 13.8. The average molecular weight is 406 g/mol. The van der Waals surface area contributed by atoms with Gasteiger partial charge in [0.2, 0.25) is 0 Å². The van der Waals surface area contributed by atoms with Crippen LogP contribution in [0.4, 0.5) is 0 Å². The molecule has 9 heteroatoms. The Labute approximate surface area is 172 Å². The molecule has 1 unspecified atom stereocenters. The molecule has 28 heavy (non-hydrogen) atoms. The Kier molecular flexibility index (Phi) is 7.03. The molecule has 0 aromatic rings. The lowest BCUT2D eigenvalue weighted by molar-refractivity contribution is 0.0315. The number of hydrogen-bond donors (Lipinski definition) is 2. The number of nitrogens with one attached hydrogen (secondary N) is 2. The highest BCUT2D eigenvalue weighted by Crippen LogP contribution is 2.12. The number of fused-ring (bicyclic) bond motifs is 1. The van der Waals surface area contributed by atoms with Gasteiger partial charge >= 0.3 is 0 Å². The molecule has 3 fully saturated rings. The predicted molar refractivity (Wildman–Crippen MR) is 116 cm³/mol. The second-order valence-electron chi connectivity index (χ2n) is 7.65. The van der Waals surface area contributed by atoms with Crippen LogP contribution in [-0.2, 0) is 4.74 Å². The van der Waals surface area contributed by atoms with Crippen LogP contribution in [0.5, 0.6) is 0 Å². The van der Waals surface area contributed by atoms with E-state index in [0.29, 0.717) is 6.04 Å². The monoisotopic (exact) mass is 405 g/mol. The smallest absolute Gasteiger partial charge is 0.189 e. The number of aliphatic imine (C=N–C) groups is 1. The molecular weight excluding hydrogens is 374 g/mol. The Morgan fingerprint density at radius 2 is 1.93 bits per heavy atom. The Bertz CT molecular complexity index is 636. The topological polar surface area (TPSA) is 67.7 Å². The number of morpholine rings is 1. The van der Waals surface area contributed by atoms with Gasteiger partial charge in [-0.1, -0.05) is 6.08 Å². The lowest BCUT2D eigenvalue weighted by Gasteiger charge is -2.37. The van der Waals surface area contributed by atoms with Crippen LogP contribution in [0.2, 0.25) is 0 Å². The number of piperazine rings is 1. The van der Waals surface area contributed by atoms with E-state index in [1.165, 1.54) is 0 Å². The Morgan fingerprint density at radius 3 is 2.71 bits per heavy atom. The number of hydrazone groups is 1. The van der Waals surface area contributed by atoms with Gasteiger partial charge in [-0.05, 0) is 18.6 Å². The maximum absolute atomic E-state index is 5.59. The zero-order valence-electron chi connectivity index (χ0n) is 16.5. The summed E-state index contributed by atoms with van der Waals surface area (Å²) in [6.45, 7) is 11.1. The average Bonchev–Trinajstić information content (AvgIpc) is 2.77. The summed E-state index contributed by atoms with van der Waals surface area (Å²) in [5.74, 6) is 0. The summed E-state index contributed by atoms with van der Waals surface area (Å²) in [6.07, 6.45) is 5.84. The normalized spacial score (nSPS) is 28.1. The van der Waals surface area contributed by atoms with Crippen molar-refractivity contribution in [1.29, 1.82) is 0 Å². The molecule has 4 heterocycles. The van der Waals surface area contributed by atoms with Crippen LogP contribution in [0.25, 0.3) is 0 Å². The second-order valence-corrected chi connectivity index (χ2v) is 8.04. The molecule has 4 aliphatic heterocycles. The molecule has 0 aromatic carbocycles. The summed E-state index contributed by atoms with van der Waals surface area (Å²) in [7, 11) is 0. The van der Waals surface area contributed by atoms with E-state index in [2.05, 4.69) is 41.6 Å². The number of nitrogens with zero attached hydrogens (tertiary/aromatic N) is 5. The largest absolute Gasteiger partial charge is 0.379 e. The fourth-order valence-electron chi connectivity index (χ4n) is 4.06. The molecule has 154 valence electrons. The molecule has 0 aromatic heterocycles. The van der Waals surface area contributed by atoms with Crippen molar-refractivity contribution in [2.24, 2.45) is 10.1 Å². The van der Waals surface area contributed by atoms with E-state index in [1.807, 2.05) is 6.20 Å². The summed E-state index contributed by atoms with van der Waals surface area (Å²) in [5.41, 5.74) is 5.21. The molecule has 8 nitrogen and oxygen atoms in total. The van der Waals surface area contributed by atoms with Crippen molar-refractivity contribution in [3.63, 3.8) is 0 Å². The zero-order chi connectivity index (χ0) is 19.2. The first-order valence-electron chi connectivity index (χ1n) is 10.4. The van der Waals surface area contributed by atoms with Crippen molar-refractivity contribution < 1.29 is 4.74 Å². The van der Waals surface area contributed by atoms with E-state index < -0.39 is 0 Å². The van der Waals surface area contributed by atoms with E-state index in [4.69, 9.17) is 17.0 Å². The van der Waals surface area contributed by atoms with Crippen LogP contribution in [-0.4, -0.2) is 109 Å². The van der Waals surface area contributed by atoms with Crippen molar-refractivity contribution in [2.45, 2.75) is 18.9 Å². The van der Waals surface area contributed by atoms with Gasteiger partial charge in [0.15, 0.2) is 5.11 Å². The molecule has 0 bridgehead atoms. The van der Waals surface area contributed by atoms with Gasteiger partial charge in [-0.3, -0.25) is 20.2 Å². The number of hydrogen-bond acceptors (Lipinski definition) is 7. The number of piperidine rings is 1. The third kappa shape index (κ3) is 5.15. The zero-order valence-corrected chi connectivity index (χ0v) is 17.3. The third-order valence-electron chi connectivity index (χ3n) is 5.85. The van der Waals surface area contributed by atoms with E-state index in [1.54, 1.807) is 0 Å². The van der Waals surface area contributed by atoms with Gasteiger partial charge in [0.1, 0.15) is 0 Å². The van der Waals surface area contributed by atoms with E-state index in [9.17, 15) is 0 Å². The maximum Gasteiger partial charge on any atom is 0.189 e. The summed E-state index contributed by atoms with van der Waals surface area (Å²) in [6, 6.07) is 0.294. The van der Waals surface area contributed by atoms with E-state index >= 15 is 0 Å². The highest BCUT2D eigenvalue weighted by atomic mass is 32.1. The summed E-state index contributed by atoms with van der Waals surface area (Å²) >= 11 is 5.59. The molecule has 1 atom stereocenters. The Morgan fingerprint density at radius 1 is 1.18 bits per heavy atom. The minimum atomic E-state index is 0.294. The second kappa shape index (κ2) is 9.89. The van der Waals surface area contributed by atoms with Crippen LogP contribution in [0.15, 0.2) is 22.4 Å². The Balaban J connectivity index is 1.21. The highest BCUT2D eigenvalue weighted by Gasteiger charge is 2.26. The fraction of sp³-hybridized carbons (Fsp3) is 0.737. The van der Waals surface area contributed by atoms with Crippen molar-refractivity contribution in [2.75, 3.05) is 72.1 Å². The lowest BCUT2D eigenvalue weighted by atomic mass is 9.96. The molecule has 0 amide bonds. The summed E-state index contributed by atoms with van der Waals surface area (Å²) in [5, 5.41) is 8.82. The van der Waals surface area contributed by atoms with Gasteiger partial charge < -0.3 is 15.0 Å². The first kappa shape index (κ1) is 19.9. The van der Waals surface area contributed by atoms with Crippen LogP contribution >= 0.6 is 12.2 Å². The highest BCUT2D eigenvalue weighted by molar-refractivity contribution is 7.80. The van der Waals surface area contributed by atoms with Crippen LogP contribution in [0, 0.1) is 0 Å². The molecule has 0 radical (unpaired) electrons. The third-order valence-corrected chi connectivity index (χ3v) is 6.20. The number of ether oxygens (including phenoxy) is 1. The molecule has 0 aliphatic carbocycles. The summed E-state index contributed by atoms with van der Waals surface area (Å²) in [4.78, 5) is 11.8. The van der Waals surface area contributed by atoms with Gasteiger partial charge in [0.25, 0.3) is 0 Å². The molecule has 0 spiro atoms. The van der Waals surface area contributed by atoms with Crippen molar-refractivity contribution in [1.82, 2.24) is 25.4 Å². The SMILES string of the molecule is S=C(N/N=C1/CCNC2CC=CN=C12)N1CCN(CCN2CCOCC2)CC1. The minimum absolute atomic E-state index is 0.294. The maximum atomic E-state index is 5.59. The van der Waals surface area contributed by atoms with Gasteiger partial charge in [-0.15, -0.1) is 0 Å². The van der Waals surface area contributed by atoms with Crippen molar-refractivity contribution >= 4 is 28.8 Å². The molecule has 0 saturated carbocycles. The lowest BCUT2D eigenvalue weighted by Crippen LogP contribution is -2.53. The van der Waals surface area contributed by atoms with E-state index in [-0.39, 0.29) is 0 Å². The predicted octanol–water partition coefficient (Wildman–Crippen LogP) is -0.113. The van der Waals surface area contributed by atoms with Crippen LogP contribution in [0.3, 0.4) is 0 Å². The molecule has 3 saturated heterocycles. The quantitative estimate of drug-likeness (QED) is 0.500. The first-order valence-corrected chi connectivity index (χ1v) is 10.8. The summed E-state index contributed by atoms with van der Waals surface area (Å²) < 4.78 is 5.42. The Hall–Kier alpha value is -1.39. The van der Waals surface area contributed by atoms with Gasteiger partial charge in [0, 0.05) is 71.5 Å². The minimum Gasteiger partial charge on any atom is -0.379 e. The standard InChI is InChI=1S/C19H31N7OS/c28-19(23-22-17-3-5-20-16-2-1-4-21-18(16)17)26-10-8-24(9-11-26)6-7-25-12-14-27-15-13-25/h1,4,16,20H,2-3,5-15H2,(H,23,28)/b22-17-. The number of rotatable bonds is 4. The molecular formula is C19H31N7OS. The fourth-order valence-corrected chi connectivity index (χ4v) is 4.29. The van der Waals surface area contributed by atoms with Gasteiger partial charge in [0.05, 0.1) is 30.7 Å².